The van der Waals surface area contributed by atoms with Gasteiger partial charge >= 0.3 is 0 Å². The maximum atomic E-state index is 6.05. The highest BCUT2D eigenvalue weighted by molar-refractivity contribution is 5.99. The topological polar surface area (TPSA) is 60.6 Å². The average Bonchev–Trinajstić information content (AvgIpc) is 2.76. The van der Waals surface area contributed by atoms with Gasteiger partial charge in [0, 0.05) is 17.5 Å². The van der Waals surface area contributed by atoms with Crippen molar-refractivity contribution in [2.75, 3.05) is 45.2 Å². The Kier molecular flexibility index (Phi) is 8.48. The van der Waals surface area contributed by atoms with Crippen molar-refractivity contribution in [2.45, 2.75) is 26.7 Å². The lowest BCUT2D eigenvalue weighted by molar-refractivity contribution is 0.0799. The molecule has 5 heteroatoms. The first-order chi connectivity index (χ1) is 14.7. The number of hydrogen-bond donors (Lipinski definition) is 1. The van der Waals surface area contributed by atoms with Gasteiger partial charge in [-0.05, 0) is 55.6 Å². The van der Waals surface area contributed by atoms with Crippen molar-refractivity contribution in [3.05, 3.63) is 54.6 Å². The van der Waals surface area contributed by atoms with Crippen LogP contribution < -0.4 is 10.5 Å². The molecule has 160 valence electrons. The molecule has 0 unspecified atom stereocenters. The summed E-state index contributed by atoms with van der Waals surface area (Å²) in [6.45, 7) is 9.53. The molecule has 0 amide bonds. The summed E-state index contributed by atoms with van der Waals surface area (Å²) in [5, 5.41) is 2.17. The smallest absolute Gasteiger partial charge is 0.127 e. The molecule has 1 aromatic heterocycles. The molecule has 3 aromatic rings. The van der Waals surface area contributed by atoms with Crippen molar-refractivity contribution in [3.8, 4) is 17.0 Å². The van der Waals surface area contributed by atoms with Crippen LogP contribution in [-0.2, 0) is 4.74 Å². The average molecular weight is 408 g/mol. The predicted octanol–water partition coefficient (Wildman–Crippen LogP) is 5.00. The minimum Gasteiger partial charge on any atom is -0.491 e. The molecule has 0 aliphatic heterocycles. The van der Waals surface area contributed by atoms with E-state index in [2.05, 4.69) is 35.9 Å². The van der Waals surface area contributed by atoms with Crippen molar-refractivity contribution in [3.63, 3.8) is 0 Å². The van der Waals surface area contributed by atoms with Crippen molar-refractivity contribution in [1.82, 2.24) is 9.88 Å². The fraction of sp³-hybridized carbons (Fsp3) is 0.400. The van der Waals surface area contributed by atoms with Gasteiger partial charge in [0.15, 0.2) is 0 Å². The van der Waals surface area contributed by atoms with Crippen LogP contribution in [-0.4, -0.2) is 49.3 Å². The number of nitrogens with two attached hydrogens (primary N) is 1. The van der Waals surface area contributed by atoms with Crippen molar-refractivity contribution in [1.29, 1.82) is 0 Å². The second-order valence-electron chi connectivity index (χ2n) is 7.41. The Morgan fingerprint density at radius 1 is 0.800 bits per heavy atom. The molecular formula is C25H33N3O2. The molecule has 0 spiro atoms. The van der Waals surface area contributed by atoms with Gasteiger partial charge in [-0.2, -0.15) is 0 Å². The van der Waals surface area contributed by atoms with Gasteiger partial charge in [-0.1, -0.05) is 44.2 Å². The minimum atomic E-state index is 0.519. The van der Waals surface area contributed by atoms with Crippen molar-refractivity contribution >= 4 is 16.6 Å². The molecular weight excluding hydrogens is 374 g/mol. The summed E-state index contributed by atoms with van der Waals surface area (Å²) < 4.78 is 11.9. The van der Waals surface area contributed by atoms with Gasteiger partial charge in [-0.25, -0.2) is 4.98 Å². The second kappa shape index (κ2) is 11.5. The molecule has 30 heavy (non-hydrogen) atoms. The third kappa shape index (κ3) is 5.94. The van der Waals surface area contributed by atoms with E-state index in [0.29, 0.717) is 19.0 Å². The molecule has 0 fully saturated rings. The molecule has 0 aliphatic carbocycles. The van der Waals surface area contributed by atoms with Crippen LogP contribution in [0.25, 0.3) is 22.0 Å². The zero-order valence-electron chi connectivity index (χ0n) is 18.1. The highest BCUT2D eigenvalue weighted by atomic mass is 16.5. The maximum Gasteiger partial charge on any atom is 0.127 e. The third-order valence-electron chi connectivity index (χ3n) is 5.05. The van der Waals surface area contributed by atoms with Crippen LogP contribution in [0.1, 0.15) is 26.7 Å². The van der Waals surface area contributed by atoms with Crippen LogP contribution in [0.3, 0.4) is 0 Å². The lowest BCUT2D eigenvalue weighted by Crippen LogP contribution is -2.29. The second-order valence-corrected chi connectivity index (χ2v) is 7.41. The zero-order chi connectivity index (χ0) is 21.2. The summed E-state index contributed by atoms with van der Waals surface area (Å²) in [4.78, 5) is 6.93. The zero-order valence-corrected chi connectivity index (χ0v) is 18.1. The Morgan fingerprint density at radius 2 is 1.57 bits per heavy atom. The van der Waals surface area contributed by atoms with E-state index in [4.69, 9.17) is 15.2 Å². The van der Waals surface area contributed by atoms with E-state index >= 15 is 0 Å². The van der Waals surface area contributed by atoms with Crippen LogP contribution in [0.4, 0.5) is 5.82 Å². The molecule has 1 heterocycles. The summed E-state index contributed by atoms with van der Waals surface area (Å²) in [6, 6.07) is 18.0. The normalized spacial score (nSPS) is 11.3. The summed E-state index contributed by atoms with van der Waals surface area (Å²) >= 11 is 0. The van der Waals surface area contributed by atoms with E-state index in [-0.39, 0.29) is 0 Å². The standard InChI is InChI=1S/C25H33N3O2/c1-3-14-28(15-4-2)16-17-29-18-19-30-24-13-12-21(20-8-5-6-9-22(20)24)23-10-7-11-25(26)27-23/h5-13H,3-4,14-19H2,1-2H3,(H2,26,27). The lowest BCUT2D eigenvalue weighted by atomic mass is 10.0. The van der Waals surface area contributed by atoms with Gasteiger partial charge in [0.1, 0.15) is 18.2 Å². The highest BCUT2D eigenvalue weighted by Gasteiger charge is 2.10. The third-order valence-corrected chi connectivity index (χ3v) is 5.05. The number of aromatic nitrogens is 1. The first kappa shape index (κ1) is 22.1. The number of benzene rings is 2. The van der Waals surface area contributed by atoms with Gasteiger partial charge in [0.2, 0.25) is 0 Å². The molecule has 0 aliphatic rings. The number of ether oxygens (including phenoxy) is 2. The quantitative estimate of drug-likeness (QED) is 0.428. The molecule has 5 nitrogen and oxygen atoms in total. The Morgan fingerprint density at radius 3 is 2.30 bits per heavy atom. The highest BCUT2D eigenvalue weighted by Crippen LogP contribution is 2.33. The Hall–Kier alpha value is -2.63. The number of nitrogens with zero attached hydrogens (tertiary/aromatic N) is 2. The monoisotopic (exact) mass is 407 g/mol. The lowest BCUT2D eigenvalue weighted by Gasteiger charge is -2.20. The fourth-order valence-corrected chi connectivity index (χ4v) is 3.70. The predicted molar refractivity (Wildman–Crippen MR) is 125 cm³/mol. The fourth-order valence-electron chi connectivity index (χ4n) is 3.70. The number of hydrogen-bond acceptors (Lipinski definition) is 5. The van der Waals surface area contributed by atoms with Crippen LogP contribution in [0, 0.1) is 0 Å². The number of rotatable bonds is 12. The van der Waals surface area contributed by atoms with E-state index in [0.717, 1.165) is 54.0 Å². The number of fused-ring (bicyclic) bond motifs is 1. The van der Waals surface area contributed by atoms with Gasteiger partial charge in [-0.3, -0.25) is 0 Å². The SMILES string of the molecule is CCCN(CCC)CCOCCOc1ccc(-c2cccc(N)n2)c2ccccc12. The van der Waals surface area contributed by atoms with Crippen molar-refractivity contribution in [2.24, 2.45) is 0 Å². The summed E-state index contributed by atoms with van der Waals surface area (Å²) in [5.41, 5.74) is 7.79. The minimum absolute atomic E-state index is 0.519. The largest absolute Gasteiger partial charge is 0.491 e. The first-order valence-corrected chi connectivity index (χ1v) is 10.9. The summed E-state index contributed by atoms with van der Waals surface area (Å²) in [5.74, 6) is 1.38. The van der Waals surface area contributed by atoms with Crippen LogP contribution >= 0.6 is 0 Å². The summed E-state index contributed by atoms with van der Waals surface area (Å²) in [7, 11) is 0. The van der Waals surface area contributed by atoms with E-state index in [9.17, 15) is 0 Å². The molecule has 0 saturated heterocycles. The summed E-state index contributed by atoms with van der Waals surface area (Å²) in [6.07, 6.45) is 2.36. The van der Waals surface area contributed by atoms with E-state index in [1.165, 1.54) is 12.8 Å². The molecule has 2 N–H and O–H groups in total. The molecule has 0 radical (unpaired) electrons. The van der Waals surface area contributed by atoms with Gasteiger partial charge in [-0.15, -0.1) is 0 Å². The molecule has 0 saturated carbocycles. The Bertz CT molecular complexity index is 923. The van der Waals surface area contributed by atoms with Gasteiger partial charge in [0.05, 0.1) is 18.9 Å². The Balaban J connectivity index is 1.59. The van der Waals surface area contributed by atoms with Gasteiger partial charge < -0.3 is 20.1 Å². The van der Waals surface area contributed by atoms with E-state index in [1.54, 1.807) is 6.07 Å². The number of pyridine rings is 1. The number of anilines is 1. The number of nitrogen functional groups attached to an aromatic ring is 1. The maximum absolute atomic E-state index is 6.05. The van der Waals surface area contributed by atoms with Crippen LogP contribution in [0.15, 0.2) is 54.6 Å². The molecule has 0 atom stereocenters. The molecule has 0 bridgehead atoms. The van der Waals surface area contributed by atoms with Gasteiger partial charge in [0.25, 0.3) is 0 Å². The van der Waals surface area contributed by atoms with E-state index in [1.807, 2.05) is 36.4 Å². The van der Waals surface area contributed by atoms with Crippen LogP contribution in [0.2, 0.25) is 0 Å². The van der Waals surface area contributed by atoms with E-state index < -0.39 is 0 Å². The molecule has 3 rings (SSSR count). The molecule has 2 aromatic carbocycles. The first-order valence-electron chi connectivity index (χ1n) is 10.9. The Labute approximate surface area is 179 Å². The van der Waals surface area contributed by atoms with Crippen LogP contribution in [0.5, 0.6) is 5.75 Å². The van der Waals surface area contributed by atoms with Crippen molar-refractivity contribution < 1.29 is 9.47 Å².